The molecule has 2 aromatic carbocycles. The minimum Gasteiger partial charge on any atom is -0.313 e. The number of hydrogen-bond acceptors (Lipinski definition) is 3. The maximum Gasteiger partial charge on any atom is 0.179 e. The molecule has 0 radical (unpaired) electrons. The summed E-state index contributed by atoms with van der Waals surface area (Å²) in [7, 11) is -3.24. The lowest BCUT2D eigenvalue weighted by Crippen LogP contribution is -2.29. The van der Waals surface area contributed by atoms with Gasteiger partial charge in [-0.05, 0) is 54.4 Å². The quantitative estimate of drug-likeness (QED) is 0.948. The number of hydrogen-bond donors (Lipinski definition) is 1. The molecule has 1 aliphatic rings. The van der Waals surface area contributed by atoms with Crippen LogP contribution in [0.4, 0.5) is 0 Å². The molecular weight excluding hydrogens is 294 g/mol. The van der Waals surface area contributed by atoms with E-state index in [1.165, 1.54) is 0 Å². The number of benzene rings is 2. The Morgan fingerprint density at radius 2 is 1.90 bits per heavy atom. The first-order valence-electron chi connectivity index (χ1n) is 6.70. The van der Waals surface area contributed by atoms with Crippen molar-refractivity contribution < 1.29 is 8.42 Å². The average Bonchev–Trinajstić information content (AvgIpc) is 2.90. The Morgan fingerprint density at radius 3 is 2.65 bits per heavy atom. The van der Waals surface area contributed by atoms with Crippen LogP contribution in [0.15, 0.2) is 41.3 Å². The van der Waals surface area contributed by atoms with Gasteiger partial charge in [-0.1, -0.05) is 23.7 Å². The van der Waals surface area contributed by atoms with Gasteiger partial charge in [0, 0.05) is 11.1 Å². The van der Waals surface area contributed by atoms with E-state index in [-0.39, 0.29) is 11.8 Å². The smallest absolute Gasteiger partial charge is 0.179 e. The molecular formula is C15H16ClNO2S. The van der Waals surface area contributed by atoms with Crippen molar-refractivity contribution in [2.45, 2.75) is 23.8 Å². The SMILES string of the molecule is O=S(=O)(C[C@@H]1CCCN1)c1ccc2cc(Cl)ccc2c1. The zero-order chi connectivity index (χ0) is 14.2. The van der Waals surface area contributed by atoms with Crippen LogP contribution in [-0.4, -0.2) is 26.8 Å². The molecule has 0 aromatic heterocycles. The van der Waals surface area contributed by atoms with Gasteiger partial charge in [-0.25, -0.2) is 8.42 Å². The Hall–Kier alpha value is -1.10. The van der Waals surface area contributed by atoms with Crippen LogP contribution in [0, 0.1) is 0 Å². The summed E-state index contributed by atoms with van der Waals surface area (Å²) in [5.41, 5.74) is 0. The van der Waals surface area contributed by atoms with Crippen molar-refractivity contribution >= 4 is 32.2 Å². The first kappa shape index (κ1) is 13.9. The summed E-state index contributed by atoms with van der Waals surface area (Å²) < 4.78 is 24.9. The Bertz CT molecular complexity index is 737. The molecule has 3 nitrogen and oxygen atoms in total. The van der Waals surface area contributed by atoms with E-state index in [1.807, 2.05) is 18.2 Å². The molecule has 0 bridgehead atoms. The van der Waals surface area contributed by atoms with Gasteiger partial charge in [0.15, 0.2) is 9.84 Å². The predicted octanol–water partition coefficient (Wildman–Crippen LogP) is 3.02. The largest absolute Gasteiger partial charge is 0.313 e. The van der Waals surface area contributed by atoms with Gasteiger partial charge in [-0.2, -0.15) is 0 Å². The number of rotatable bonds is 3. The minimum atomic E-state index is -3.24. The molecule has 20 heavy (non-hydrogen) atoms. The molecule has 0 spiro atoms. The van der Waals surface area contributed by atoms with Gasteiger partial charge in [0.05, 0.1) is 10.6 Å². The van der Waals surface area contributed by atoms with Crippen LogP contribution in [0.5, 0.6) is 0 Å². The van der Waals surface area contributed by atoms with Crippen molar-refractivity contribution in [3.63, 3.8) is 0 Å². The molecule has 5 heteroatoms. The van der Waals surface area contributed by atoms with E-state index in [0.717, 1.165) is 30.2 Å². The van der Waals surface area contributed by atoms with E-state index in [4.69, 9.17) is 11.6 Å². The van der Waals surface area contributed by atoms with E-state index in [9.17, 15) is 8.42 Å². The van der Waals surface area contributed by atoms with Gasteiger partial charge in [0.2, 0.25) is 0 Å². The maximum atomic E-state index is 12.4. The Balaban J connectivity index is 1.94. The van der Waals surface area contributed by atoms with Gasteiger partial charge in [-0.3, -0.25) is 0 Å². The van der Waals surface area contributed by atoms with Crippen LogP contribution in [0.3, 0.4) is 0 Å². The standard InChI is InChI=1S/C15H16ClNO2S/c16-13-5-3-12-9-15(6-4-11(12)8-13)20(18,19)10-14-2-1-7-17-14/h3-6,8-9,14,17H,1-2,7,10H2/t14-/m0/s1. The molecule has 0 unspecified atom stereocenters. The lowest BCUT2D eigenvalue weighted by Gasteiger charge is -2.11. The van der Waals surface area contributed by atoms with Crippen LogP contribution >= 0.6 is 11.6 Å². The first-order chi connectivity index (χ1) is 9.54. The van der Waals surface area contributed by atoms with Crippen molar-refractivity contribution in [1.29, 1.82) is 0 Å². The Labute approximate surface area is 123 Å². The topological polar surface area (TPSA) is 46.2 Å². The number of fused-ring (bicyclic) bond motifs is 1. The minimum absolute atomic E-state index is 0.0842. The second-order valence-electron chi connectivity index (χ2n) is 5.23. The van der Waals surface area contributed by atoms with Crippen LogP contribution in [-0.2, 0) is 9.84 Å². The van der Waals surface area contributed by atoms with Crippen molar-refractivity contribution in [1.82, 2.24) is 5.32 Å². The zero-order valence-electron chi connectivity index (χ0n) is 11.0. The van der Waals surface area contributed by atoms with E-state index in [1.54, 1.807) is 18.2 Å². The highest BCUT2D eigenvalue weighted by Gasteiger charge is 2.23. The number of sulfone groups is 1. The fraction of sp³-hybridized carbons (Fsp3) is 0.333. The van der Waals surface area contributed by atoms with E-state index in [2.05, 4.69) is 5.32 Å². The van der Waals surface area contributed by atoms with E-state index in [0.29, 0.717) is 9.92 Å². The summed E-state index contributed by atoms with van der Waals surface area (Å²) in [6.45, 7) is 0.913. The zero-order valence-corrected chi connectivity index (χ0v) is 12.5. The average molecular weight is 310 g/mol. The lowest BCUT2D eigenvalue weighted by atomic mass is 10.1. The summed E-state index contributed by atoms with van der Waals surface area (Å²) in [6.07, 6.45) is 1.98. The Kier molecular flexibility index (Phi) is 3.71. The van der Waals surface area contributed by atoms with Gasteiger partial charge >= 0.3 is 0 Å². The van der Waals surface area contributed by atoms with Crippen LogP contribution < -0.4 is 5.32 Å². The summed E-state index contributed by atoms with van der Waals surface area (Å²) in [4.78, 5) is 0.390. The third kappa shape index (κ3) is 2.82. The summed E-state index contributed by atoms with van der Waals surface area (Å²) >= 11 is 5.94. The van der Waals surface area contributed by atoms with Crippen LogP contribution in [0.1, 0.15) is 12.8 Å². The van der Waals surface area contributed by atoms with Crippen LogP contribution in [0.25, 0.3) is 10.8 Å². The Morgan fingerprint density at radius 1 is 1.15 bits per heavy atom. The van der Waals surface area contributed by atoms with Crippen molar-refractivity contribution in [2.24, 2.45) is 0 Å². The summed E-state index contributed by atoms with van der Waals surface area (Å²) in [5, 5.41) is 5.74. The molecule has 3 rings (SSSR count). The lowest BCUT2D eigenvalue weighted by molar-refractivity contribution is 0.577. The highest BCUT2D eigenvalue weighted by atomic mass is 35.5. The molecule has 0 amide bonds. The van der Waals surface area contributed by atoms with E-state index >= 15 is 0 Å². The first-order valence-corrected chi connectivity index (χ1v) is 8.73. The number of halogens is 1. The molecule has 1 N–H and O–H groups in total. The molecule has 1 atom stereocenters. The summed E-state index contributed by atoms with van der Waals surface area (Å²) in [5.74, 6) is 0.173. The number of nitrogens with one attached hydrogen (secondary N) is 1. The fourth-order valence-corrected chi connectivity index (χ4v) is 4.42. The summed E-state index contributed by atoms with van der Waals surface area (Å²) in [6, 6.07) is 10.8. The third-order valence-electron chi connectivity index (χ3n) is 3.72. The molecule has 0 aliphatic carbocycles. The molecule has 1 fully saturated rings. The van der Waals surface area contributed by atoms with Crippen molar-refractivity contribution in [2.75, 3.05) is 12.3 Å². The fourth-order valence-electron chi connectivity index (χ4n) is 2.65. The molecule has 1 saturated heterocycles. The van der Waals surface area contributed by atoms with Crippen molar-refractivity contribution in [3.05, 3.63) is 41.4 Å². The van der Waals surface area contributed by atoms with Gasteiger partial charge in [0.1, 0.15) is 0 Å². The monoisotopic (exact) mass is 309 g/mol. The highest BCUT2D eigenvalue weighted by molar-refractivity contribution is 7.91. The third-order valence-corrected chi connectivity index (χ3v) is 5.76. The maximum absolute atomic E-state index is 12.4. The predicted molar refractivity (Wildman–Crippen MR) is 82.0 cm³/mol. The molecule has 1 heterocycles. The van der Waals surface area contributed by atoms with Crippen LogP contribution in [0.2, 0.25) is 5.02 Å². The molecule has 0 saturated carbocycles. The normalized spacial score (nSPS) is 19.6. The van der Waals surface area contributed by atoms with E-state index < -0.39 is 9.84 Å². The molecule has 2 aromatic rings. The van der Waals surface area contributed by atoms with Crippen molar-refractivity contribution in [3.8, 4) is 0 Å². The molecule has 1 aliphatic heterocycles. The van der Waals surface area contributed by atoms with Gasteiger partial charge in [-0.15, -0.1) is 0 Å². The second-order valence-corrected chi connectivity index (χ2v) is 7.70. The van der Waals surface area contributed by atoms with Gasteiger partial charge in [0.25, 0.3) is 0 Å². The highest BCUT2D eigenvalue weighted by Crippen LogP contribution is 2.24. The van der Waals surface area contributed by atoms with Gasteiger partial charge < -0.3 is 5.32 Å². The molecule has 106 valence electrons. The second kappa shape index (κ2) is 5.35.